The minimum absolute atomic E-state index is 0.967. The van der Waals surface area contributed by atoms with Gasteiger partial charge in [0.1, 0.15) is 16.3 Å². The topological polar surface area (TPSA) is 30.2 Å². The number of nitrogens with zero attached hydrogens (tertiary/aromatic N) is 3. The summed E-state index contributed by atoms with van der Waals surface area (Å²) < 4.78 is 2.08. The second kappa shape index (κ2) is 5.07. The minimum atomic E-state index is 0.967. The summed E-state index contributed by atoms with van der Waals surface area (Å²) in [7, 11) is 0. The Labute approximate surface area is 132 Å². The van der Waals surface area contributed by atoms with Gasteiger partial charge in [-0.1, -0.05) is 36.4 Å². The molecule has 0 aliphatic carbocycles. The Bertz CT molecular complexity index is 951. The molecule has 0 unspecified atom stereocenters. The lowest BCUT2D eigenvalue weighted by Crippen LogP contribution is -1.82. The standard InChI is InChI=1S/C18H15N3S/c1-12-8-9-16-20-15(11-21(16)10-12)17-13(2)19-18(22-17)14-6-4-3-5-7-14/h3-11H,1-2H3. The van der Waals surface area contributed by atoms with E-state index in [4.69, 9.17) is 9.97 Å². The summed E-state index contributed by atoms with van der Waals surface area (Å²) in [6.07, 6.45) is 4.18. The zero-order chi connectivity index (χ0) is 15.1. The predicted octanol–water partition coefficient (Wildman–Crippen LogP) is 4.74. The molecule has 4 aromatic rings. The lowest BCUT2D eigenvalue weighted by Gasteiger charge is -1.93. The third-order valence-corrected chi connectivity index (χ3v) is 4.88. The van der Waals surface area contributed by atoms with Crippen molar-refractivity contribution >= 4 is 17.0 Å². The molecule has 0 N–H and O–H groups in total. The molecule has 3 heterocycles. The molecule has 3 nitrogen and oxygen atoms in total. The molecular formula is C18H15N3S. The fourth-order valence-electron chi connectivity index (χ4n) is 2.55. The molecule has 0 saturated heterocycles. The maximum absolute atomic E-state index is 4.73. The Morgan fingerprint density at radius 1 is 0.909 bits per heavy atom. The van der Waals surface area contributed by atoms with Crippen LogP contribution in [0.4, 0.5) is 0 Å². The number of aromatic nitrogens is 3. The number of thiazole rings is 1. The molecule has 108 valence electrons. The van der Waals surface area contributed by atoms with Crippen LogP contribution in [0.15, 0.2) is 54.9 Å². The van der Waals surface area contributed by atoms with E-state index < -0.39 is 0 Å². The van der Waals surface area contributed by atoms with Gasteiger partial charge in [0, 0.05) is 18.0 Å². The van der Waals surface area contributed by atoms with Gasteiger partial charge in [-0.3, -0.25) is 0 Å². The van der Waals surface area contributed by atoms with E-state index in [9.17, 15) is 0 Å². The van der Waals surface area contributed by atoms with Crippen molar-refractivity contribution in [2.24, 2.45) is 0 Å². The number of rotatable bonds is 2. The van der Waals surface area contributed by atoms with Gasteiger partial charge in [0.15, 0.2) is 0 Å². The number of hydrogen-bond donors (Lipinski definition) is 0. The Kier molecular flexibility index (Phi) is 3.05. The van der Waals surface area contributed by atoms with E-state index in [2.05, 4.69) is 41.9 Å². The number of imidazole rings is 1. The highest BCUT2D eigenvalue weighted by atomic mass is 32.1. The van der Waals surface area contributed by atoms with E-state index in [1.54, 1.807) is 11.3 Å². The quantitative estimate of drug-likeness (QED) is 0.535. The number of hydrogen-bond acceptors (Lipinski definition) is 3. The van der Waals surface area contributed by atoms with Crippen molar-refractivity contribution in [1.82, 2.24) is 14.4 Å². The first-order chi connectivity index (χ1) is 10.7. The molecule has 0 aliphatic rings. The Morgan fingerprint density at radius 2 is 1.73 bits per heavy atom. The van der Waals surface area contributed by atoms with E-state index in [-0.39, 0.29) is 0 Å². The fraction of sp³-hybridized carbons (Fsp3) is 0.111. The van der Waals surface area contributed by atoms with Crippen LogP contribution < -0.4 is 0 Å². The first-order valence-electron chi connectivity index (χ1n) is 7.19. The summed E-state index contributed by atoms with van der Waals surface area (Å²) in [5.41, 5.74) is 5.37. The van der Waals surface area contributed by atoms with E-state index in [0.29, 0.717) is 0 Å². The van der Waals surface area contributed by atoms with Crippen LogP contribution in [0.25, 0.3) is 26.8 Å². The first-order valence-corrected chi connectivity index (χ1v) is 8.01. The molecule has 0 atom stereocenters. The van der Waals surface area contributed by atoms with E-state index in [1.807, 2.05) is 31.2 Å². The highest BCUT2D eigenvalue weighted by Gasteiger charge is 2.14. The van der Waals surface area contributed by atoms with Crippen LogP contribution in [0, 0.1) is 13.8 Å². The molecule has 4 rings (SSSR count). The van der Waals surface area contributed by atoms with Crippen LogP contribution in [-0.2, 0) is 0 Å². The van der Waals surface area contributed by atoms with Gasteiger partial charge in [-0.15, -0.1) is 11.3 Å². The van der Waals surface area contributed by atoms with Crippen molar-refractivity contribution in [2.75, 3.05) is 0 Å². The molecule has 0 saturated carbocycles. The van der Waals surface area contributed by atoms with Gasteiger partial charge in [-0.2, -0.15) is 0 Å². The highest BCUT2D eigenvalue weighted by molar-refractivity contribution is 7.18. The minimum Gasteiger partial charge on any atom is -0.306 e. The van der Waals surface area contributed by atoms with Crippen molar-refractivity contribution in [2.45, 2.75) is 13.8 Å². The highest BCUT2D eigenvalue weighted by Crippen LogP contribution is 2.34. The Morgan fingerprint density at radius 3 is 2.55 bits per heavy atom. The second-order valence-corrected chi connectivity index (χ2v) is 6.40. The van der Waals surface area contributed by atoms with Gasteiger partial charge in [0.25, 0.3) is 0 Å². The maximum Gasteiger partial charge on any atom is 0.137 e. The molecule has 0 bridgehead atoms. The molecule has 22 heavy (non-hydrogen) atoms. The average molecular weight is 305 g/mol. The number of fused-ring (bicyclic) bond motifs is 1. The van der Waals surface area contributed by atoms with Gasteiger partial charge >= 0.3 is 0 Å². The fourth-order valence-corrected chi connectivity index (χ4v) is 3.58. The predicted molar refractivity (Wildman–Crippen MR) is 91.2 cm³/mol. The van der Waals surface area contributed by atoms with Crippen molar-refractivity contribution in [1.29, 1.82) is 0 Å². The molecule has 0 amide bonds. The zero-order valence-corrected chi connectivity index (χ0v) is 13.3. The number of aryl methyl sites for hydroxylation is 2. The molecular weight excluding hydrogens is 290 g/mol. The molecule has 0 fully saturated rings. The summed E-state index contributed by atoms with van der Waals surface area (Å²) in [6, 6.07) is 14.4. The van der Waals surface area contributed by atoms with Crippen LogP contribution in [0.5, 0.6) is 0 Å². The van der Waals surface area contributed by atoms with Crippen molar-refractivity contribution in [3.63, 3.8) is 0 Å². The smallest absolute Gasteiger partial charge is 0.137 e. The first kappa shape index (κ1) is 13.2. The maximum atomic E-state index is 4.73. The summed E-state index contributed by atoms with van der Waals surface area (Å²) in [5, 5.41) is 1.04. The van der Waals surface area contributed by atoms with Gasteiger partial charge in [0.05, 0.1) is 10.6 Å². The SMILES string of the molecule is Cc1ccc2nc(-c3sc(-c4ccccc4)nc3C)cn2c1. The van der Waals surface area contributed by atoms with Gasteiger partial charge < -0.3 is 4.40 Å². The lowest BCUT2D eigenvalue weighted by molar-refractivity contribution is 1.16. The van der Waals surface area contributed by atoms with E-state index in [1.165, 1.54) is 5.56 Å². The molecule has 3 aromatic heterocycles. The van der Waals surface area contributed by atoms with Crippen molar-refractivity contribution < 1.29 is 0 Å². The molecule has 1 aromatic carbocycles. The second-order valence-electron chi connectivity index (χ2n) is 5.40. The largest absolute Gasteiger partial charge is 0.306 e. The summed E-state index contributed by atoms with van der Waals surface area (Å²) in [6.45, 7) is 4.14. The van der Waals surface area contributed by atoms with Crippen molar-refractivity contribution in [3.8, 4) is 21.1 Å². The summed E-state index contributed by atoms with van der Waals surface area (Å²) >= 11 is 1.70. The summed E-state index contributed by atoms with van der Waals surface area (Å²) in [4.78, 5) is 10.6. The Balaban J connectivity index is 1.83. The summed E-state index contributed by atoms with van der Waals surface area (Å²) in [5.74, 6) is 0. The zero-order valence-electron chi connectivity index (χ0n) is 12.4. The van der Waals surface area contributed by atoms with Gasteiger partial charge in [-0.25, -0.2) is 9.97 Å². The van der Waals surface area contributed by atoms with E-state index in [0.717, 1.165) is 32.5 Å². The van der Waals surface area contributed by atoms with Crippen LogP contribution in [0.2, 0.25) is 0 Å². The lowest BCUT2D eigenvalue weighted by atomic mass is 10.2. The third kappa shape index (κ3) is 2.22. The monoisotopic (exact) mass is 305 g/mol. The number of benzene rings is 1. The van der Waals surface area contributed by atoms with Crippen LogP contribution in [0.3, 0.4) is 0 Å². The molecule has 0 aliphatic heterocycles. The van der Waals surface area contributed by atoms with Gasteiger partial charge in [0.2, 0.25) is 0 Å². The molecule has 0 spiro atoms. The van der Waals surface area contributed by atoms with E-state index >= 15 is 0 Å². The van der Waals surface area contributed by atoms with Crippen LogP contribution in [0.1, 0.15) is 11.3 Å². The van der Waals surface area contributed by atoms with Crippen molar-refractivity contribution in [3.05, 3.63) is 66.1 Å². The average Bonchev–Trinajstić information content (AvgIpc) is 3.11. The van der Waals surface area contributed by atoms with Crippen LogP contribution in [-0.4, -0.2) is 14.4 Å². The van der Waals surface area contributed by atoms with Crippen LogP contribution >= 0.6 is 11.3 Å². The molecule has 0 radical (unpaired) electrons. The third-order valence-electron chi connectivity index (χ3n) is 3.65. The number of pyridine rings is 1. The molecule has 4 heteroatoms. The van der Waals surface area contributed by atoms with Gasteiger partial charge in [-0.05, 0) is 25.5 Å². The normalized spacial score (nSPS) is 11.2. The Hall–Kier alpha value is -2.46.